The molecular formula is C13H19N5S. The number of nitrogens with zero attached hydrogens (tertiary/aromatic N) is 3. The molecule has 0 aliphatic carbocycles. The lowest BCUT2D eigenvalue weighted by Crippen LogP contribution is -2.36. The minimum atomic E-state index is 0.719. The quantitative estimate of drug-likeness (QED) is 0.660. The van der Waals surface area contributed by atoms with Gasteiger partial charge in [0.15, 0.2) is 5.96 Å². The third-order valence-corrected chi connectivity index (χ3v) is 3.67. The van der Waals surface area contributed by atoms with E-state index in [2.05, 4.69) is 39.8 Å². The van der Waals surface area contributed by atoms with Crippen LogP contribution in [-0.2, 0) is 20.1 Å². The van der Waals surface area contributed by atoms with Gasteiger partial charge in [-0.2, -0.15) is 5.10 Å². The lowest BCUT2D eigenvalue weighted by molar-refractivity contribution is 0.765. The average Bonchev–Trinajstić information content (AvgIpc) is 2.99. The monoisotopic (exact) mass is 277 g/mol. The van der Waals surface area contributed by atoms with Gasteiger partial charge in [0.05, 0.1) is 12.7 Å². The van der Waals surface area contributed by atoms with E-state index in [1.54, 1.807) is 23.1 Å². The summed E-state index contributed by atoms with van der Waals surface area (Å²) in [5, 5.41) is 10.7. The summed E-state index contributed by atoms with van der Waals surface area (Å²) >= 11 is 1.80. The molecule has 102 valence electrons. The van der Waals surface area contributed by atoms with E-state index < -0.39 is 0 Å². The van der Waals surface area contributed by atoms with E-state index >= 15 is 0 Å². The predicted octanol–water partition coefficient (Wildman–Crippen LogP) is 1.66. The number of aryl methyl sites for hydroxylation is 2. The van der Waals surface area contributed by atoms with Crippen molar-refractivity contribution in [1.29, 1.82) is 0 Å². The minimum absolute atomic E-state index is 0.719. The molecule has 0 spiro atoms. The van der Waals surface area contributed by atoms with Gasteiger partial charge >= 0.3 is 0 Å². The SMILES string of the molecule is CN=C(NCc1cnn(C)c1)NCc1ccc(C)s1. The number of rotatable bonds is 4. The second-order valence-electron chi connectivity index (χ2n) is 4.31. The topological polar surface area (TPSA) is 54.2 Å². The first-order valence-corrected chi connectivity index (χ1v) is 6.96. The van der Waals surface area contributed by atoms with E-state index in [1.807, 2.05) is 19.4 Å². The average molecular weight is 277 g/mol. The number of nitrogens with one attached hydrogen (secondary N) is 2. The molecule has 0 atom stereocenters. The number of thiophene rings is 1. The van der Waals surface area contributed by atoms with Crippen LogP contribution in [0.25, 0.3) is 0 Å². The Morgan fingerprint density at radius 2 is 2.16 bits per heavy atom. The smallest absolute Gasteiger partial charge is 0.191 e. The molecule has 6 heteroatoms. The Balaban J connectivity index is 1.80. The Hall–Kier alpha value is -1.82. The van der Waals surface area contributed by atoms with Crippen molar-refractivity contribution in [2.45, 2.75) is 20.0 Å². The lowest BCUT2D eigenvalue weighted by Gasteiger charge is -2.10. The molecule has 2 aromatic rings. The van der Waals surface area contributed by atoms with Gasteiger partial charge < -0.3 is 10.6 Å². The maximum Gasteiger partial charge on any atom is 0.191 e. The van der Waals surface area contributed by atoms with Crippen LogP contribution in [0, 0.1) is 6.92 Å². The zero-order chi connectivity index (χ0) is 13.7. The summed E-state index contributed by atoms with van der Waals surface area (Å²) in [6.45, 7) is 3.63. The van der Waals surface area contributed by atoms with Gasteiger partial charge in [-0.15, -0.1) is 11.3 Å². The fourth-order valence-electron chi connectivity index (χ4n) is 1.72. The number of aromatic nitrogens is 2. The van der Waals surface area contributed by atoms with Crippen molar-refractivity contribution in [3.05, 3.63) is 39.8 Å². The molecule has 0 amide bonds. The van der Waals surface area contributed by atoms with Crippen LogP contribution in [0.15, 0.2) is 29.5 Å². The lowest BCUT2D eigenvalue weighted by atomic mass is 10.3. The third-order valence-electron chi connectivity index (χ3n) is 2.67. The highest BCUT2D eigenvalue weighted by molar-refractivity contribution is 7.11. The number of guanidine groups is 1. The number of aliphatic imine (C=N–C) groups is 1. The van der Waals surface area contributed by atoms with Crippen LogP contribution in [0.2, 0.25) is 0 Å². The first kappa shape index (κ1) is 13.6. The Bertz CT molecular complexity index is 509. The first-order valence-electron chi connectivity index (χ1n) is 6.14. The van der Waals surface area contributed by atoms with E-state index in [0.29, 0.717) is 0 Å². The normalized spacial score (nSPS) is 11.6. The Morgan fingerprint density at radius 1 is 1.37 bits per heavy atom. The van der Waals surface area contributed by atoms with Crippen LogP contribution in [0.3, 0.4) is 0 Å². The second kappa shape index (κ2) is 6.38. The van der Waals surface area contributed by atoms with Crippen molar-refractivity contribution in [3.8, 4) is 0 Å². The van der Waals surface area contributed by atoms with Gasteiger partial charge in [0.1, 0.15) is 0 Å². The highest BCUT2D eigenvalue weighted by Gasteiger charge is 2.01. The van der Waals surface area contributed by atoms with Crippen molar-refractivity contribution in [2.75, 3.05) is 7.05 Å². The van der Waals surface area contributed by atoms with Crippen LogP contribution in [0.5, 0.6) is 0 Å². The molecule has 0 saturated heterocycles. The van der Waals surface area contributed by atoms with Crippen molar-refractivity contribution in [2.24, 2.45) is 12.0 Å². The van der Waals surface area contributed by atoms with Crippen LogP contribution in [0.4, 0.5) is 0 Å². The Morgan fingerprint density at radius 3 is 2.74 bits per heavy atom. The van der Waals surface area contributed by atoms with E-state index in [9.17, 15) is 0 Å². The van der Waals surface area contributed by atoms with Gasteiger partial charge in [0.25, 0.3) is 0 Å². The number of hydrogen-bond donors (Lipinski definition) is 2. The van der Waals surface area contributed by atoms with Crippen molar-refractivity contribution >= 4 is 17.3 Å². The summed E-state index contributed by atoms with van der Waals surface area (Å²) in [5.74, 6) is 0.801. The maximum atomic E-state index is 4.20. The van der Waals surface area contributed by atoms with Crippen molar-refractivity contribution in [3.63, 3.8) is 0 Å². The number of hydrogen-bond acceptors (Lipinski definition) is 3. The summed E-state index contributed by atoms with van der Waals surface area (Å²) in [6.07, 6.45) is 3.84. The predicted molar refractivity (Wildman–Crippen MR) is 79.3 cm³/mol. The molecule has 2 heterocycles. The van der Waals surface area contributed by atoms with Gasteiger partial charge in [-0.25, -0.2) is 0 Å². The molecule has 2 N–H and O–H groups in total. The summed E-state index contributed by atoms with van der Waals surface area (Å²) in [6, 6.07) is 4.27. The second-order valence-corrected chi connectivity index (χ2v) is 5.69. The molecule has 19 heavy (non-hydrogen) atoms. The first-order chi connectivity index (χ1) is 9.17. The molecule has 0 bridgehead atoms. The van der Waals surface area contributed by atoms with E-state index in [4.69, 9.17) is 0 Å². The minimum Gasteiger partial charge on any atom is -0.352 e. The van der Waals surface area contributed by atoms with Gasteiger partial charge in [-0.1, -0.05) is 0 Å². The van der Waals surface area contributed by atoms with Crippen LogP contribution < -0.4 is 10.6 Å². The van der Waals surface area contributed by atoms with Crippen LogP contribution in [-0.4, -0.2) is 22.8 Å². The molecule has 0 aliphatic rings. The molecular weight excluding hydrogens is 258 g/mol. The molecule has 5 nitrogen and oxygen atoms in total. The summed E-state index contributed by atoms with van der Waals surface area (Å²) in [5.41, 5.74) is 1.14. The Kier molecular flexibility index (Phi) is 4.57. The fourth-order valence-corrected chi connectivity index (χ4v) is 2.55. The fraction of sp³-hybridized carbons (Fsp3) is 0.385. The van der Waals surface area contributed by atoms with Gasteiger partial charge in [-0.3, -0.25) is 9.67 Å². The molecule has 0 unspecified atom stereocenters. The summed E-state index contributed by atoms with van der Waals surface area (Å²) in [7, 11) is 3.69. The van der Waals surface area contributed by atoms with Gasteiger partial charge in [-0.05, 0) is 19.1 Å². The highest BCUT2D eigenvalue weighted by atomic mass is 32.1. The summed E-state index contributed by atoms with van der Waals surface area (Å²) in [4.78, 5) is 6.84. The maximum absolute atomic E-state index is 4.20. The zero-order valence-electron chi connectivity index (χ0n) is 11.5. The largest absolute Gasteiger partial charge is 0.352 e. The van der Waals surface area contributed by atoms with Crippen LogP contribution in [0.1, 0.15) is 15.3 Å². The van der Waals surface area contributed by atoms with Crippen LogP contribution >= 0.6 is 11.3 Å². The van der Waals surface area contributed by atoms with Gasteiger partial charge in [0, 0.05) is 42.2 Å². The van der Waals surface area contributed by atoms with Crippen molar-refractivity contribution < 1.29 is 0 Å². The van der Waals surface area contributed by atoms with Gasteiger partial charge in [0.2, 0.25) is 0 Å². The zero-order valence-corrected chi connectivity index (χ0v) is 12.3. The standard InChI is InChI=1S/C13H19N5S/c1-10-4-5-12(19-10)8-16-13(14-2)15-6-11-7-17-18(3)9-11/h4-5,7,9H,6,8H2,1-3H3,(H2,14,15,16). The molecule has 2 aromatic heterocycles. The highest BCUT2D eigenvalue weighted by Crippen LogP contribution is 2.14. The molecule has 0 radical (unpaired) electrons. The molecule has 0 aliphatic heterocycles. The third kappa shape index (κ3) is 4.10. The van der Waals surface area contributed by atoms with Crippen molar-refractivity contribution in [1.82, 2.24) is 20.4 Å². The Labute approximate surface area is 117 Å². The molecule has 0 aromatic carbocycles. The summed E-state index contributed by atoms with van der Waals surface area (Å²) < 4.78 is 1.79. The van der Waals surface area contributed by atoms with E-state index in [-0.39, 0.29) is 0 Å². The molecule has 2 rings (SSSR count). The van der Waals surface area contributed by atoms with E-state index in [1.165, 1.54) is 9.75 Å². The van der Waals surface area contributed by atoms with E-state index in [0.717, 1.165) is 24.6 Å². The molecule has 0 fully saturated rings. The molecule has 0 saturated carbocycles.